The van der Waals surface area contributed by atoms with E-state index in [1.807, 2.05) is 25.7 Å². The number of amides is 2. The highest BCUT2D eigenvalue weighted by Gasteiger charge is 2.35. The average Bonchev–Trinajstić information content (AvgIpc) is 3.18. The van der Waals surface area contributed by atoms with E-state index in [1.54, 1.807) is 16.2 Å². The molecule has 2 amide bonds. The fourth-order valence-corrected chi connectivity index (χ4v) is 4.93. The molecule has 162 valence electrons. The van der Waals surface area contributed by atoms with Gasteiger partial charge in [-0.05, 0) is 42.3 Å². The minimum Gasteiger partial charge on any atom is -0.333 e. The maximum Gasteiger partial charge on any atom is 0.242 e. The molecule has 5 heteroatoms. The first-order valence-corrected chi connectivity index (χ1v) is 11.8. The quantitative estimate of drug-likeness (QED) is 0.636. The number of fused-ring (bicyclic) bond motifs is 1. The van der Waals surface area contributed by atoms with Crippen molar-refractivity contribution in [1.29, 1.82) is 0 Å². The summed E-state index contributed by atoms with van der Waals surface area (Å²) in [7, 11) is 0. The predicted molar refractivity (Wildman–Crippen MR) is 124 cm³/mol. The molecule has 0 bridgehead atoms. The Kier molecular flexibility index (Phi) is 7.02. The standard InChI is InChI=1S/C25H34N2O2S/c1-6-7-14-26(24(29)25(3,4)5)17-22(28)27-15-12-21-20(13-16-30-21)23(27)19-10-8-18(2)9-11-19/h8-11,13,16,23H,6-7,12,14-15,17H2,1-5H3/t23-/m1/s1. The number of hydrogen-bond acceptors (Lipinski definition) is 3. The third-order valence-corrected chi connectivity index (χ3v) is 6.71. The number of aryl methyl sites for hydroxylation is 1. The zero-order chi connectivity index (χ0) is 21.9. The summed E-state index contributed by atoms with van der Waals surface area (Å²) in [6.45, 7) is 11.4. The van der Waals surface area contributed by atoms with Crippen LogP contribution in [0.1, 0.15) is 68.1 Å². The molecule has 1 aromatic heterocycles. The van der Waals surface area contributed by atoms with Gasteiger partial charge in [-0.1, -0.05) is 63.9 Å². The Morgan fingerprint density at radius 2 is 1.87 bits per heavy atom. The van der Waals surface area contributed by atoms with Gasteiger partial charge in [-0.2, -0.15) is 0 Å². The molecule has 2 heterocycles. The molecule has 0 N–H and O–H groups in total. The van der Waals surface area contributed by atoms with E-state index in [9.17, 15) is 9.59 Å². The molecule has 0 fully saturated rings. The fourth-order valence-electron chi connectivity index (χ4n) is 4.02. The molecule has 0 saturated heterocycles. The van der Waals surface area contributed by atoms with E-state index in [4.69, 9.17) is 0 Å². The molecule has 0 saturated carbocycles. The molecule has 1 aliphatic rings. The first kappa shape index (κ1) is 22.5. The molecule has 30 heavy (non-hydrogen) atoms. The van der Waals surface area contributed by atoms with Gasteiger partial charge < -0.3 is 9.80 Å². The second kappa shape index (κ2) is 9.34. The lowest BCUT2D eigenvalue weighted by Crippen LogP contribution is -2.49. The molecule has 0 spiro atoms. The van der Waals surface area contributed by atoms with Gasteiger partial charge in [0.2, 0.25) is 11.8 Å². The molecule has 1 atom stereocenters. The van der Waals surface area contributed by atoms with E-state index < -0.39 is 5.41 Å². The van der Waals surface area contributed by atoms with Crippen LogP contribution in [0.25, 0.3) is 0 Å². The van der Waals surface area contributed by atoms with Crippen molar-refractivity contribution in [3.63, 3.8) is 0 Å². The summed E-state index contributed by atoms with van der Waals surface area (Å²) >= 11 is 1.77. The molecule has 1 aliphatic heterocycles. The van der Waals surface area contributed by atoms with Gasteiger partial charge in [0.1, 0.15) is 0 Å². The van der Waals surface area contributed by atoms with Crippen molar-refractivity contribution in [3.8, 4) is 0 Å². The minimum absolute atomic E-state index is 0.0335. The van der Waals surface area contributed by atoms with Gasteiger partial charge >= 0.3 is 0 Å². The third-order valence-electron chi connectivity index (χ3n) is 5.72. The van der Waals surface area contributed by atoms with Crippen LogP contribution in [0.2, 0.25) is 0 Å². The zero-order valence-corrected chi connectivity index (χ0v) is 19.7. The normalized spacial score (nSPS) is 16.3. The Morgan fingerprint density at radius 1 is 1.17 bits per heavy atom. The highest BCUT2D eigenvalue weighted by Crippen LogP contribution is 2.38. The number of nitrogens with zero attached hydrogens (tertiary/aromatic N) is 2. The van der Waals surface area contributed by atoms with Gasteiger partial charge in [-0.25, -0.2) is 0 Å². The Balaban J connectivity index is 1.88. The van der Waals surface area contributed by atoms with Crippen LogP contribution in [0.4, 0.5) is 0 Å². The Bertz CT molecular complexity index is 879. The molecular formula is C25H34N2O2S. The number of unbranched alkanes of at least 4 members (excludes halogenated alkanes) is 1. The lowest BCUT2D eigenvalue weighted by molar-refractivity contribution is -0.146. The molecule has 0 radical (unpaired) electrons. The van der Waals surface area contributed by atoms with E-state index in [1.165, 1.54) is 16.0 Å². The van der Waals surface area contributed by atoms with Crippen molar-refractivity contribution < 1.29 is 9.59 Å². The van der Waals surface area contributed by atoms with Crippen molar-refractivity contribution >= 4 is 23.2 Å². The zero-order valence-electron chi connectivity index (χ0n) is 18.9. The lowest BCUT2D eigenvalue weighted by Gasteiger charge is -2.38. The van der Waals surface area contributed by atoms with Crippen LogP contribution >= 0.6 is 11.3 Å². The van der Waals surface area contributed by atoms with Crippen LogP contribution in [0.15, 0.2) is 35.7 Å². The Labute approximate surface area is 184 Å². The fraction of sp³-hybridized carbons (Fsp3) is 0.520. The van der Waals surface area contributed by atoms with Gasteiger partial charge in [-0.15, -0.1) is 11.3 Å². The Hall–Kier alpha value is -2.14. The molecule has 2 aromatic rings. The summed E-state index contributed by atoms with van der Waals surface area (Å²) in [6.07, 6.45) is 2.78. The smallest absolute Gasteiger partial charge is 0.242 e. The second-order valence-electron chi connectivity index (χ2n) is 9.28. The van der Waals surface area contributed by atoms with Crippen LogP contribution in [0, 0.1) is 12.3 Å². The van der Waals surface area contributed by atoms with Crippen molar-refractivity contribution in [2.24, 2.45) is 5.41 Å². The maximum absolute atomic E-state index is 13.5. The Morgan fingerprint density at radius 3 is 2.50 bits per heavy atom. The first-order chi connectivity index (χ1) is 14.2. The molecule has 1 aromatic carbocycles. The topological polar surface area (TPSA) is 40.6 Å². The minimum atomic E-state index is -0.493. The highest BCUT2D eigenvalue weighted by molar-refractivity contribution is 7.10. The van der Waals surface area contributed by atoms with Crippen LogP contribution in [-0.2, 0) is 16.0 Å². The number of rotatable bonds is 6. The number of thiophene rings is 1. The molecular weight excluding hydrogens is 392 g/mol. The summed E-state index contributed by atoms with van der Waals surface area (Å²) in [5.41, 5.74) is 3.08. The van der Waals surface area contributed by atoms with Crippen molar-refractivity contribution in [2.75, 3.05) is 19.6 Å². The summed E-state index contributed by atoms with van der Waals surface area (Å²) < 4.78 is 0. The third kappa shape index (κ3) is 4.94. The monoisotopic (exact) mass is 426 g/mol. The average molecular weight is 427 g/mol. The van der Waals surface area contributed by atoms with Gasteiger partial charge in [0.25, 0.3) is 0 Å². The van der Waals surface area contributed by atoms with Crippen LogP contribution in [0.3, 0.4) is 0 Å². The predicted octanol–water partition coefficient (Wildman–Crippen LogP) is 5.21. The lowest BCUT2D eigenvalue weighted by atomic mass is 9.92. The van der Waals surface area contributed by atoms with Crippen LogP contribution in [0.5, 0.6) is 0 Å². The molecule has 3 rings (SSSR count). The van der Waals surface area contributed by atoms with Gasteiger partial charge in [0, 0.05) is 23.4 Å². The summed E-state index contributed by atoms with van der Waals surface area (Å²) in [6, 6.07) is 10.5. The van der Waals surface area contributed by atoms with Crippen LogP contribution in [-0.4, -0.2) is 41.2 Å². The number of carbonyl (C=O) groups is 2. The summed E-state index contributed by atoms with van der Waals surface area (Å²) in [5, 5.41) is 2.12. The molecule has 0 unspecified atom stereocenters. The van der Waals surface area contributed by atoms with Crippen LogP contribution < -0.4 is 0 Å². The van der Waals surface area contributed by atoms with E-state index in [2.05, 4.69) is 49.6 Å². The molecule has 0 aliphatic carbocycles. The molecule has 4 nitrogen and oxygen atoms in total. The van der Waals surface area contributed by atoms with Crippen molar-refractivity contribution in [3.05, 3.63) is 57.3 Å². The number of carbonyl (C=O) groups excluding carboxylic acids is 2. The van der Waals surface area contributed by atoms with Gasteiger partial charge in [0.05, 0.1) is 12.6 Å². The first-order valence-electron chi connectivity index (χ1n) is 10.9. The van der Waals surface area contributed by atoms with Gasteiger partial charge in [-0.3, -0.25) is 9.59 Å². The number of hydrogen-bond donors (Lipinski definition) is 0. The van der Waals surface area contributed by atoms with E-state index in [-0.39, 0.29) is 24.4 Å². The maximum atomic E-state index is 13.5. The van der Waals surface area contributed by atoms with Crippen molar-refractivity contribution in [1.82, 2.24) is 9.80 Å². The second-order valence-corrected chi connectivity index (χ2v) is 10.3. The van der Waals surface area contributed by atoms with E-state index in [0.29, 0.717) is 13.1 Å². The summed E-state index contributed by atoms with van der Waals surface area (Å²) in [4.78, 5) is 31.6. The highest BCUT2D eigenvalue weighted by atomic mass is 32.1. The van der Waals surface area contributed by atoms with E-state index >= 15 is 0 Å². The van der Waals surface area contributed by atoms with Crippen molar-refractivity contribution in [2.45, 2.75) is 59.9 Å². The van der Waals surface area contributed by atoms with Gasteiger partial charge in [0.15, 0.2) is 0 Å². The summed E-state index contributed by atoms with van der Waals surface area (Å²) in [5.74, 6) is 0.0792. The van der Waals surface area contributed by atoms with E-state index in [0.717, 1.165) is 24.8 Å². The largest absolute Gasteiger partial charge is 0.333 e. The SMILES string of the molecule is CCCCN(CC(=O)N1CCc2sccc2[C@H]1c1ccc(C)cc1)C(=O)C(C)(C)C. The number of benzene rings is 1.